The van der Waals surface area contributed by atoms with Crippen LogP contribution in [0, 0.1) is 17.7 Å². The molecule has 0 radical (unpaired) electrons. The molecule has 0 unspecified atom stereocenters. The van der Waals surface area contributed by atoms with Crippen molar-refractivity contribution in [2.75, 3.05) is 26.2 Å². The van der Waals surface area contributed by atoms with Gasteiger partial charge in [0.15, 0.2) is 0 Å². The topological polar surface area (TPSA) is 52.6 Å². The van der Waals surface area contributed by atoms with Gasteiger partial charge in [0.2, 0.25) is 5.91 Å². The van der Waals surface area contributed by atoms with Gasteiger partial charge in [-0.2, -0.15) is 0 Å². The zero-order chi connectivity index (χ0) is 13.7. The van der Waals surface area contributed by atoms with Crippen LogP contribution in [0.15, 0.2) is 18.2 Å². The van der Waals surface area contributed by atoms with E-state index < -0.39 is 0 Å². The van der Waals surface area contributed by atoms with E-state index in [0.29, 0.717) is 30.8 Å². The predicted octanol–water partition coefficient (Wildman–Crippen LogP) is 0.101. The van der Waals surface area contributed by atoms with Crippen LogP contribution in [-0.2, 0) is 11.3 Å². The molecule has 1 aliphatic heterocycles. The maximum Gasteiger partial charge on any atom is 0.234 e. The Morgan fingerprint density at radius 1 is 1.47 bits per heavy atom. The summed E-state index contributed by atoms with van der Waals surface area (Å²) < 4.78 is 13.9. The lowest BCUT2D eigenvalue weighted by molar-refractivity contribution is -0.124. The van der Waals surface area contributed by atoms with Gasteiger partial charge < -0.3 is 10.4 Å². The summed E-state index contributed by atoms with van der Waals surface area (Å²) in [6.45, 7) is 1.78. The Bertz CT molecular complexity index is 534. The van der Waals surface area contributed by atoms with Gasteiger partial charge in [-0.05, 0) is 12.1 Å². The molecular weight excluding hydrogens is 247 g/mol. The van der Waals surface area contributed by atoms with Gasteiger partial charge in [-0.1, -0.05) is 17.9 Å². The van der Waals surface area contributed by atoms with Gasteiger partial charge >= 0.3 is 0 Å². The lowest BCUT2D eigenvalue weighted by Crippen LogP contribution is -2.47. The van der Waals surface area contributed by atoms with E-state index in [2.05, 4.69) is 17.2 Å². The molecule has 0 bridgehead atoms. The van der Waals surface area contributed by atoms with Crippen LogP contribution in [0.3, 0.4) is 0 Å². The summed E-state index contributed by atoms with van der Waals surface area (Å²) >= 11 is 0. The van der Waals surface area contributed by atoms with Crippen molar-refractivity contribution in [3.05, 3.63) is 35.1 Å². The molecule has 0 spiro atoms. The van der Waals surface area contributed by atoms with Crippen molar-refractivity contribution in [1.82, 2.24) is 10.2 Å². The van der Waals surface area contributed by atoms with Crippen LogP contribution in [0.25, 0.3) is 0 Å². The third-order valence-corrected chi connectivity index (χ3v) is 2.88. The number of nitrogens with one attached hydrogen (secondary N) is 1. The smallest absolute Gasteiger partial charge is 0.234 e. The third kappa shape index (κ3) is 3.78. The number of nitrogens with zero attached hydrogens (tertiary/aromatic N) is 1. The Balaban J connectivity index is 2.06. The van der Waals surface area contributed by atoms with Gasteiger partial charge in [-0.15, -0.1) is 0 Å². The van der Waals surface area contributed by atoms with Crippen LogP contribution in [0.4, 0.5) is 4.39 Å². The number of aliphatic hydroxyl groups excluding tert-OH is 1. The number of hydrogen-bond donors (Lipinski definition) is 2. The zero-order valence-corrected chi connectivity index (χ0v) is 10.4. The van der Waals surface area contributed by atoms with Crippen LogP contribution >= 0.6 is 0 Å². The van der Waals surface area contributed by atoms with Crippen LogP contribution in [0.2, 0.25) is 0 Å². The molecule has 19 heavy (non-hydrogen) atoms. The molecule has 1 saturated heterocycles. The molecule has 100 valence electrons. The first-order chi connectivity index (χ1) is 9.19. The molecule has 1 amide bonds. The fraction of sp³-hybridized carbons (Fsp3) is 0.357. The highest BCUT2D eigenvalue weighted by atomic mass is 19.1. The van der Waals surface area contributed by atoms with Crippen molar-refractivity contribution in [3.8, 4) is 11.8 Å². The lowest BCUT2D eigenvalue weighted by atomic mass is 10.1. The molecule has 1 aromatic rings. The molecule has 5 heteroatoms. The Labute approximate surface area is 111 Å². The van der Waals surface area contributed by atoms with E-state index in [9.17, 15) is 9.18 Å². The highest BCUT2D eigenvalue weighted by Crippen LogP contribution is 2.13. The molecule has 0 aliphatic carbocycles. The van der Waals surface area contributed by atoms with Crippen LogP contribution in [0.1, 0.15) is 11.1 Å². The molecule has 0 atom stereocenters. The summed E-state index contributed by atoms with van der Waals surface area (Å²) in [4.78, 5) is 13.1. The van der Waals surface area contributed by atoms with Crippen LogP contribution < -0.4 is 5.32 Å². The van der Waals surface area contributed by atoms with Crippen molar-refractivity contribution in [2.24, 2.45) is 0 Å². The molecule has 2 rings (SSSR count). The van der Waals surface area contributed by atoms with E-state index in [1.165, 1.54) is 6.07 Å². The zero-order valence-electron chi connectivity index (χ0n) is 10.4. The first kappa shape index (κ1) is 13.5. The fourth-order valence-electron chi connectivity index (χ4n) is 1.96. The van der Waals surface area contributed by atoms with Crippen molar-refractivity contribution in [2.45, 2.75) is 6.54 Å². The van der Waals surface area contributed by atoms with E-state index >= 15 is 0 Å². The number of amides is 1. The quantitative estimate of drug-likeness (QED) is 0.743. The van der Waals surface area contributed by atoms with E-state index in [1.807, 2.05) is 4.90 Å². The number of aliphatic hydroxyl groups is 1. The summed E-state index contributed by atoms with van der Waals surface area (Å²) in [7, 11) is 0. The Hall–Kier alpha value is -1.90. The van der Waals surface area contributed by atoms with Crippen molar-refractivity contribution in [3.63, 3.8) is 0 Å². The number of benzene rings is 1. The largest absolute Gasteiger partial charge is 0.384 e. The van der Waals surface area contributed by atoms with Gasteiger partial charge in [0.25, 0.3) is 0 Å². The molecule has 4 nitrogen and oxygen atoms in total. The maximum absolute atomic E-state index is 13.9. The van der Waals surface area contributed by atoms with E-state index in [1.54, 1.807) is 12.1 Å². The van der Waals surface area contributed by atoms with Crippen molar-refractivity contribution < 1.29 is 14.3 Å². The minimum Gasteiger partial charge on any atom is -0.384 e. The van der Waals surface area contributed by atoms with Gasteiger partial charge in [-0.3, -0.25) is 9.69 Å². The average molecular weight is 262 g/mol. The minimum atomic E-state index is -0.337. The fourth-order valence-corrected chi connectivity index (χ4v) is 1.96. The van der Waals surface area contributed by atoms with Gasteiger partial charge in [0, 0.05) is 30.8 Å². The number of piperazine rings is 1. The van der Waals surface area contributed by atoms with E-state index in [4.69, 9.17) is 5.11 Å². The van der Waals surface area contributed by atoms with Gasteiger partial charge in [-0.25, -0.2) is 4.39 Å². The van der Waals surface area contributed by atoms with E-state index in [-0.39, 0.29) is 18.3 Å². The average Bonchev–Trinajstić information content (AvgIpc) is 2.39. The predicted molar refractivity (Wildman–Crippen MR) is 68.7 cm³/mol. The molecule has 0 aromatic heterocycles. The Morgan fingerprint density at radius 2 is 2.32 bits per heavy atom. The number of carbonyl (C=O) groups excluding carboxylic acids is 1. The number of carbonyl (C=O) groups is 1. The molecule has 2 N–H and O–H groups in total. The highest BCUT2D eigenvalue weighted by molar-refractivity contribution is 5.78. The van der Waals surface area contributed by atoms with Crippen molar-refractivity contribution in [1.29, 1.82) is 0 Å². The second-order valence-corrected chi connectivity index (χ2v) is 4.33. The summed E-state index contributed by atoms with van der Waals surface area (Å²) in [6.07, 6.45) is 0. The normalized spacial score (nSPS) is 15.6. The van der Waals surface area contributed by atoms with Gasteiger partial charge in [0.1, 0.15) is 12.4 Å². The minimum absolute atomic E-state index is 0.0305. The summed E-state index contributed by atoms with van der Waals surface area (Å²) in [5.74, 6) is 4.76. The summed E-state index contributed by atoms with van der Waals surface area (Å²) in [5, 5.41) is 11.3. The third-order valence-electron chi connectivity index (χ3n) is 2.88. The first-order valence-electron chi connectivity index (χ1n) is 6.06. The molecule has 1 heterocycles. The lowest BCUT2D eigenvalue weighted by Gasteiger charge is -2.26. The standard InChI is InChI=1S/C14H15FN2O2/c15-13-8-11(2-1-7-18)3-4-12(13)9-17-6-5-16-14(19)10-17/h3-4,8,18H,5-7,9-10H2,(H,16,19). The Kier molecular flexibility index (Phi) is 4.50. The van der Waals surface area contributed by atoms with Gasteiger partial charge in [0.05, 0.1) is 6.54 Å². The molecule has 0 saturated carbocycles. The molecular formula is C14H15FN2O2. The highest BCUT2D eigenvalue weighted by Gasteiger charge is 2.17. The maximum atomic E-state index is 13.9. The van der Waals surface area contributed by atoms with E-state index in [0.717, 1.165) is 6.54 Å². The second-order valence-electron chi connectivity index (χ2n) is 4.33. The van der Waals surface area contributed by atoms with Crippen LogP contribution in [-0.4, -0.2) is 42.2 Å². The first-order valence-corrected chi connectivity index (χ1v) is 6.06. The summed E-state index contributed by atoms with van der Waals surface area (Å²) in [5.41, 5.74) is 1.08. The Morgan fingerprint density at radius 3 is 3.00 bits per heavy atom. The van der Waals surface area contributed by atoms with Crippen molar-refractivity contribution >= 4 is 5.91 Å². The SMILES string of the molecule is O=C1CN(Cc2ccc(C#CCO)cc2F)CCN1. The van der Waals surface area contributed by atoms with Crippen LogP contribution in [0.5, 0.6) is 0 Å². The number of halogens is 1. The number of hydrogen-bond acceptors (Lipinski definition) is 3. The molecule has 1 fully saturated rings. The summed E-state index contributed by atoms with van der Waals surface area (Å²) in [6, 6.07) is 4.73. The molecule has 1 aliphatic rings. The number of rotatable bonds is 2. The molecule has 1 aromatic carbocycles. The second kappa shape index (κ2) is 6.32. The monoisotopic (exact) mass is 262 g/mol.